The molecular formula is C55H50N2O. The van der Waals surface area contributed by atoms with E-state index in [-0.39, 0.29) is 5.41 Å². The molecule has 8 aromatic carbocycles. The van der Waals surface area contributed by atoms with Gasteiger partial charge in [-0.1, -0.05) is 170 Å². The van der Waals surface area contributed by atoms with E-state index in [9.17, 15) is 0 Å². The molecule has 3 nitrogen and oxygen atoms in total. The second kappa shape index (κ2) is 15.8. The summed E-state index contributed by atoms with van der Waals surface area (Å²) in [7, 11) is 0. The number of aryl methyl sites for hydroxylation is 6. The Morgan fingerprint density at radius 2 is 0.776 bits per heavy atom. The summed E-state index contributed by atoms with van der Waals surface area (Å²) >= 11 is 0. The highest BCUT2D eigenvalue weighted by molar-refractivity contribution is 6.07. The fraction of sp³-hybridized carbons (Fsp3) is 0.164. The highest BCUT2D eigenvalue weighted by Gasteiger charge is 2.35. The van der Waals surface area contributed by atoms with Gasteiger partial charge in [-0.3, -0.25) is 0 Å². The Bertz CT molecular complexity index is 2720. The summed E-state index contributed by atoms with van der Waals surface area (Å²) in [5, 5.41) is 13.5. The van der Waals surface area contributed by atoms with E-state index in [0.29, 0.717) is 11.8 Å². The van der Waals surface area contributed by atoms with Gasteiger partial charge in [-0.15, -0.1) is 10.2 Å². The van der Waals surface area contributed by atoms with Crippen molar-refractivity contribution >= 4 is 21.5 Å². The van der Waals surface area contributed by atoms with Gasteiger partial charge in [0.1, 0.15) is 0 Å². The number of nitrogens with zero attached hydrogens (tertiary/aromatic N) is 2. The molecule has 10 rings (SSSR count). The summed E-state index contributed by atoms with van der Waals surface area (Å²) in [6.45, 7) is 17.5. The first-order chi connectivity index (χ1) is 28.0. The standard InChI is InChI=1S/C22H18.C17H18.C16H14N2O/c1-15-11-13-17-7-3-5-9-19(17)21(15)22-16(2)12-14-18-8-4-6-10-20(18)22;1-11-5-7-13-14-8-6-12(2)10-16(14)17(3,4)15(13)9-11;1-11-3-7-13(8-4-11)15-17-18-16(19-15)14-9-5-12(2)6-10-14/h3-14H,1-2H3;5-10H,1-4H3;3-10H,1-2H3. The lowest BCUT2D eigenvalue weighted by molar-refractivity contribution is 0.584. The normalized spacial score (nSPS) is 12.3. The van der Waals surface area contributed by atoms with Crippen LogP contribution in [0.1, 0.15) is 58.4 Å². The van der Waals surface area contributed by atoms with E-state index >= 15 is 0 Å². The lowest BCUT2D eigenvalue weighted by Gasteiger charge is -2.22. The minimum atomic E-state index is 0.142. The first-order valence-corrected chi connectivity index (χ1v) is 20.2. The summed E-state index contributed by atoms with van der Waals surface area (Å²) in [6.07, 6.45) is 0. The van der Waals surface area contributed by atoms with Crippen molar-refractivity contribution in [3.05, 3.63) is 202 Å². The number of benzene rings is 8. The Hall–Kier alpha value is -6.58. The van der Waals surface area contributed by atoms with Crippen LogP contribution in [0.25, 0.3) is 66.7 Å². The van der Waals surface area contributed by atoms with Crippen molar-refractivity contribution in [1.82, 2.24) is 10.2 Å². The van der Waals surface area contributed by atoms with Gasteiger partial charge in [-0.25, -0.2) is 0 Å². The molecule has 1 aromatic heterocycles. The van der Waals surface area contributed by atoms with Crippen LogP contribution in [-0.2, 0) is 5.41 Å². The van der Waals surface area contributed by atoms with Crippen LogP contribution in [0.3, 0.4) is 0 Å². The Kier molecular flexibility index (Phi) is 10.4. The maximum atomic E-state index is 5.71. The molecule has 0 aliphatic heterocycles. The smallest absolute Gasteiger partial charge is 0.248 e. The minimum Gasteiger partial charge on any atom is -0.416 e. The maximum Gasteiger partial charge on any atom is 0.248 e. The second-order valence-electron chi connectivity index (χ2n) is 16.3. The molecule has 0 fully saturated rings. The van der Waals surface area contributed by atoms with Crippen molar-refractivity contribution in [3.8, 4) is 45.2 Å². The third-order valence-electron chi connectivity index (χ3n) is 11.5. The van der Waals surface area contributed by atoms with Gasteiger partial charge in [0.05, 0.1) is 0 Å². The first kappa shape index (κ1) is 38.3. The molecule has 1 aliphatic carbocycles. The fourth-order valence-electron chi connectivity index (χ4n) is 8.24. The topological polar surface area (TPSA) is 38.9 Å². The van der Waals surface area contributed by atoms with Crippen molar-refractivity contribution in [2.45, 2.75) is 60.8 Å². The van der Waals surface area contributed by atoms with E-state index in [0.717, 1.165) is 11.1 Å². The molecule has 0 saturated carbocycles. The van der Waals surface area contributed by atoms with E-state index in [1.54, 1.807) is 0 Å². The molecule has 1 aliphatic rings. The monoisotopic (exact) mass is 754 g/mol. The first-order valence-electron chi connectivity index (χ1n) is 20.2. The highest BCUT2D eigenvalue weighted by Crippen LogP contribution is 2.49. The average molecular weight is 755 g/mol. The summed E-state index contributed by atoms with van der Waals surface area (Å²) in [4.78, 5) is 0. The van der Waals surface area contributed by atoms with E-state index in [1.807, 2.05) is 48.5 Å². The van der Waals surface area contributed by atoms with Gasteiger partial charge in [0, 0.05) is 16.5 Å². The van der Waals surface area contributed by atoms with Gasteiger partial charge in [-0.05, 0) is 132 Å². The number of hydrogen-bond donors (Lipinski definition) is 0. The lowest BCUT2D eigenvalue weighted by atomic mass is 9.81. The Balaban J connectivity index is 0.000000123. The highest BCUT2D eigenvalue weighted by atomic mass is 16.4. The molecule has 3 heteroatoms. The van der Waals surface area contributed by atoms with Crippen LogP contribution in [0.5, 0.6) is 0 Å². The van der Waals surface area contributed by atoms with Crippen molar-refractivity contribution in [1.29, 1.82) is 0 Å². The molecule has 0 bridgehead atoms. The molecule has 58 heavy (non-hydrogen) atoms. The largest absolute Gasteiger partial charge is 0.416 e. The molecule has 0 saturated heterocycles. The van der Waals surface area contributed by atoms with Gasteiger partial charge < -0.3 is 4.42 Å². The molecular weight excluding hydrogens is 705 g/mol. The summed E-state index contributed by atoms with van der Waals surface area (Å²) in [5.74, 6) is 1.10. The van der Waals surface area contributed by atoms with Gasteiger partial charge in [0.25, 0.3) is 0 Å². The molecule has 0 unspecified atom stereocenters. The van der Waals surface area contributed by atoms with E-state index < -0.39 is 0 Å². The summed E-state index contributed by atoms with van der Waals surface area (Å²) < 4.78 is 5.71. The molecule has 0 spiro atoms. The Morgan fingerprint density at radius 3 is 1.19 bits per heavy atom. The molecule has 0 radical (unpaired) electrons. The predicted molar refractivity (Wildman–Crippen MR) is 244 cm³/mol. The zero-order valence-corrected chi connectivity index (χ0v) is 34.8. The van der Waals surface area contributed by atoms with Crippen LogP contribution >= 0.6 is 0 Å². The van der Waals surface area contributed by atoms with Crippen molar-refractivity contribution in [3.63, 3.8) is 0 Å². The van der Waals surface area contributed by atoms with Gasteiger partial charge in [0.15, 0.2) is 0 Å². The Morgan fingerprint density at radius 1 is 0.397 bits per heavy atom. The van der Waals surface area contributed by atoms with Crippen molar-refractivity contribution in [2.75, 3.05) is 0 Å². The average Bonchev–Trinajstić information content (AvgIpc) is 3.80. The van der Waals surface area contributed by atoms with Crippen molar-refractivity contribution < 1.29 is 4.42 Å². The zero-order valence-electron chi connectivity index (χ0n) is 34.8. The van der Waals surface area contributed by atoms with E-state index in [2.05, 4.69) is 175 Å². The van der Waals surface area contributed by atoms with Crippen LogP contribution in [0.4, 0.5) is 0 Å². The molecule has 0 atom stereocenters. The fourth-order valence-corrected chi connectivity index (χ4v) is 8.24. The van der Waals surface area contributed by atoms with E-state index in [1.165, 1.54) is 88.3 Å². The van der Waals surface area contributed by atoms with Crippen LogP contribution in [0.2, 0.25) is 0 Å². The van der Waals surface area contributed by atoms with Gasteiger partial charge >= 0.3 is 0 Å². The Labute approximate surface area is 343 Å². The predicted octanol–water partition coefficient (Wildman–Crippen LogP) is 14.9. The molecule has 0 N–H and O–H groups in total. The number of hydrogen-bond acceptors (Lipinski definition) is 3. The third kappa shape index (κ3) is 7.48. The minimum absolute atomic E-state index is 0.142. The summed E-state index contributed by atoms with van der Waals surface area (Å²) in [5.41, 5.74) is 18.3. The van der Waals surface area contributed by atoms with Gasteiger partial charge in [0.2, 0.25) is 11.8 Å². The quantitative estimate of drug-likeness (QED) is 0.180. The molecule has 9 aromatic rings. The van der Waals surface area contributed by atoms with Gasteiger partial charge in [-0.2, -0.15) is 0 Å². The molecule has 0 amide bonds. The molecule has 1 heterocycles. The SMILES string of the molecule is Cc1ccc(-c2nnc(-c3ccc(C)cc3)o2)cc1.Cc1ccc2c(c1)C(C)(C)c1cc(C)ccc1-2.Cc1ccc2ccccc2c1-c1c(C)ccc2ccccc12. The van der Waals surface area contributed by atoms with Crippen molar-refractivity contribution in [2.24, 2.45) is 0 Å². The van der Waals surface area contributed by atoms with Crippen LogP contribution < -0.4 is 0 Å². The van der Waals surface area contributed by atoms with Crippen LogP contribution in [0.15, 0.2) is 162 Å². The van der Waals surface area contributed by atoms with E-state index in [4.69, 9.17) is 4.42 Å². The maximum absolute atomic E-state index is 5.71. The van der Waals surface area contributed by atoms with Crippen LogP contribution in [-0.4, -0.2) is 10.2 Å². The lowest BCUT2D eigenvalue weighted by Crippen LogP contribution is -2.15. The second-order valence-corrected chi connectivity index (χ2v) is 16.3. The number of rotatable bonds is 3. The number of fused-ring (bicyclic) bond motifs is 5. The van der Waals surface area contributed by atoms with Crippen LogP contribution in [0, 0.1) is 41.5 Å². The zero-order chi connectivity index (χ0) is 40.6. The summed E-state index contributed by atoms with van der Waals surface area (Å²) in [6, 6.07) is 56.0. The number of aromatic nitrogens is 2. The third-order valence-corrected chi connectivity index (χ3v) is 11.5. The molecule has 286 valence electrons.